The van der Waals surface area contributed by atoms with Gasteiger partial charge in [0.1, 0.15) is 0 Å². The van der Waals surface area contributed by atoms with Gasteiger partial charge in [-0.15, -0.1) is 11.3 Å². The molecule has 1 atom stereocenters. The second kappa shape index (κ2) is 7.25. The van der Waals surface area contributed by atoms with E-state index in [0.717, 1.165) is 24.8 Å². The predicted molar refractivity (Wildman–Crippen MR) is 73.7 cm³/mol. The van der Waals surface area contributed by atoms with Crippen molar-refractivity contribution < 1.29 is 19.8 Å². The Hall–Kier alpha value is -1.40. The number of aliphatic carboxylic acids is 1. The molecule has 0 aliphatic carbocycles. The van der Waals surface area contributed by atoms with Crippen LogP contribution in [0.15, 0.2) is 6.07 Å². The summed E-state index contributed by atoms with van der Waals surface area (Å²) in [5.41, 5.74) is 1.13. The molecule has 0 saturated carbocycles. The summed E-state index contributed by atoms with van der Waals surface area (Å²) in [6.07, 6.45) is 2.77. The Balaban J connectivity index is 2.84. The smallest absolute Gasteiger partial charge is 0.328 e. The number of thiophene rings is 1. The fourth-order valence-corrected chi connectivity index (χ4v) is 2.99. The summed E-state index contributed by atoms with van der Waals surface area (Å²) in [5, 5.41) is 20.0. The largest absolute Gasteiger partial charge is 0.480 e. The highest BCUT2D eigenvalue weighted by Gasteiger charge is 2.21. The van der Waals surface area contributed by atoms with E-state index in [2.05, 4.69) is 12.2 Å². The van der Waals surface area contributed by atoms with Crippen LogP contribution < -0.4 is 5.32 Å². The predicted octanol–water partition coefficient (Wildman–Crippen LogP) is 1.44. The summed E-state index contributed by atoms with van der Waals surface area (Å²) in [4.78, 5) is 24.4. The second-order valence-corrected chi connectivity index (χ2v) is 5.35. The average Bonchev–Trinajstić information content (AvgIpc) is 2.79. The van der Waals surface area contributed by atoms with Crippen molar-refractivity contribution in [1.29, 1.82) is 0 Å². The van der Waals surface area contributed by atoms with Crippen molar-refractivity contribution in [3.63, 3.8) is 0 Å². The van der Waals surface area contributed by atoms with Crippen molar-refractivity contribution in [2.24, 2.45) is 0 Å². The van der Waals surface area contributed by atoms with Crippen LogP contribution in [-0.2, 0) is 17.6 Å². The van der Waals surface area contributed by atoms with Crippen molar-refractivity contribution >= 4 is 23.2 Å². The number of aryl methyl sites for hydroxylation is 2. The molecule has 0 spiro atoms. The van der Waals surface area contributed by atoms with Gasteiger partial charge >= 0.3 is 5.97 Å². The molecule has 0 aliphatic heterocycles. The average molecular weight is 285 g/mol. The zero-order valence-corrected chi connectivity index (χ0v) is 11.9. The van der Waals surface area contributed by atoms with Crippen LogP contribution >= 0.6 is 11.3 Å². The number of nitrogens with one attached hydrogen (secondary N) is 1. The van der Waals surface area contributed by atoms with E-state index in [-0.39, 0.29) is 0 Å². The lowest BCUT2D eigenvalue weighted by Crippen LogP contribution is -2.43. The summed E-state index contributed by atoms with van der Waals surface area (Å²) in [6.45, 7) is 3.48. The van der Waals surface area contributed by atoms with E-state index in [1.54, 1.807) is 6.07 Å². The first-order valence-electron chi connectivity index (χ1n) is 6.29. The molecule has 1 rings (SSSR count). The molecule has 0 fully saturated rings. The number of amides is 1. The Morgan fingerprint density at radius 2 is 2.11 bits per heavy atom. The van der Waals surface area contributed by atoms with Crippen LogP contribution in [0.4, 0.5) is 0 Å². The van der Waals surface area contributed by atoms with E-state index >= 15 is 0 Å². The Morgan fingerprint density at radius 1 is 1.42 bits per heavy atom. The molecule has 6 heteroatoms. The van der Waals surface area contributed by atoms with Gasteiger partial charge in [-0.25, -0.2) is 4.79 Å². The van der Waals surface area contributed by atoms with Gasteiger partial charge in [-0.2, -0.15) is 0 Å². The SMILES string of the molecule is CCCc1sc(C(=O)NC(CO)C(=O)O)cc1CC. The first-order valence-corrected chi connectivity index (χ1v) is 7.11. The zero-order valence-electron chi connectivity index (χ0n) is 11.1. The summed E-state index contributed by atoms with van der Waals surface area (Å²) < 4.78 is 0. The number of carboxylic acid groups (broad SMARTS) is 1. The summed E-state index contributed by atoms with van der Waals surface area (Å²) in [7, 11) is 0. The minimum atomic E-state index is -1.26. The molecule has 0 bridgehead atoms. The number of hydrogen-bond acceptors (Lipinski definition) is 4. The second-order valence-electron chi connectivity index (χ2n) is 4.21. The van der Waals surface area contributed by atoms with Crippen LogP contribution in [0.2, 0.25) is 0 Å². The number of carbonyl (C=O) groups excluding carboxylic acids is 1. The lowest BCUT2D eigenvalue weighted by atomic mass is 10.1. The Morgan fingerprint density at radius 3 is 2.58 bits per heavy atom. The molecular weight excluding hydrogens is 266 g/mol. The zero-order chi connectivity index (χ0) is 14.4. The lowest BCUT2D eigenvalue weighted by Gasteiger charge is -2.10. The Bertz CT molecular complexity index is 455. The van der Waals surface area contributed by atoms with Gasteiger partial charge in [-0.3, -0.25) is 4.79 Å². The van der Waals surface area contributed by atoms with Gasteiger partial charge in [0.15, 0.2) is 6.04 Å². The number of carbonyl (C=O) groups is 2. The molecule has 1 amide bonds. The van der Waals surface area contributed by atoms with Crippen molar-refractivity contribution in [1.82, 2.24) is 5.32 Å². The Kier molecular flexibility index (Phi) is 5.98. The normalized spacial score (nSPS) is 12.2. The van der Waals surface area contributed by atoms with E-state index in [1.807, 2.05) is 6.92 Å². The fourth-order valence-electron chi connectivity index (χ4n) is 1.73. The number of carboxylic acids is 1. The molecule has 5 nitrogen and oxygen atoms in total. The third-order valence-corrected chi connectivity index (χ3v) is 4.00. The monoisotopic (exact) mass is 285 g/mol. The quantitative estimate of drug-likeness (QED) is 0.707. The molecule has 19 heavy (non-hydrogen) atoms. The standard InChI is InChI=1S/C13H19NO4S/c1-3-5-10-8(4-2)6-11(19-10)12(16)14-9(7-15)13(17)18/h6,9,15H,3-5,7H2,1-2H3,(H,14,16)(H,17,18). The van der Waals surface area contributed by atoms with Gasteiger partial charge in [0.2, 0.25) is 0 Å². The van der Waals surface area contributed by atoms with E-state index in [0.29, 0.717) is 4.88 Å². The van der Waals surface area contributed by atoms with Gasteiger partial charge in [0, 0.05) is 4.88 Å². The molecule has 106 valence electrons. The van der Waals surface area contributed by atoms with E-state index in [9.17, 15) is 9.59 Å². The molecule has 1 unspecified atom stereocenters. The van der Waals surface area contributed by atoms with Crippen LogP contribution in [0.3, 0.4) is 0 Å². The third-order valence-electron chi connectivity index (χ3n) is 2.76. The van der Waals surface area contributed by atoms with Crippen LogP contribution in [0, 0.1) is 0 Å². The number of rotatable bonds is 7. The first kappa shape index (κ1) is 15.7. The van der Waals surface area contributed by atoms with Gasteiger partial charge in [0.25, 0.3) is 5.91 Å². The molecular formula is C13H19NO4S. The van der Waals surface area contributed by atoms with Crippen LogP contribution in [0.25, 0.3) is 0 Å². The van der Waals surface area contributed by atoms with Crippen molar-refractivity contribution in [3.05, 3.63) is 21.4 Å². The van der Waals surface area contributed by atoms with E-state index in [1.165, 1.54) is 16.2 Å². The molecule has 0 saturated heterocycles. The van der Waals surface area contributed by atoms with Crippen molar-refractivity contribution in [2.75, 3.05) is 6.61 Å². The Labute approximate surface area is 116 Å². The maximum atomic E-state index is 11.9. The maximum Gasteiger partial charge on any atom is 0.328 e. The van der Waals surface area contributed by atoms with Crippen molar-refractivity contribution in [3.8, 4) is 0 Å². The molecule has 0 aliphatic rings. The molecule has 1 aromatic heterocycles. The third kappa shape index (κ3) is 4.04. The lowest BCUT2D eigenvalue weighted by molar-refractivity contribution is -0.140. The molecule has 3 N–H and O–H groups in total. The minimum absolute atomic E-state index is 0.441. The number of aliphatic hydroxyl groups excluding tert-OH is 1. The summed E-state index contributed by atoms with van der Waals surface area (Å²) in [5.74, 6) is -1.68. The number of aliphatic hydroxyl groups is 1. The highest BCUT2D eigenvalue weighted by molar-refractivity contribution is 7.14. The topological polar surface area (TPSA) is 86.6 Å². The van der Waals surface area contributed by atoms with Crippen LogP contribution in [0.5, 0.6) is 0 Å². The van der Waals surface area contributed by atoms with Crippen LogP contribution in [0.1, 0.15) is 40.4 Å². The van der Waals surface area contributed by atoms with Crippen LogP contribution in [-0.4, -0.2) is 34.7 Å². The van der Waals surface area contributed by atoms with Crippen molar-refractivity contribution in [2.45, 2.75) is 39.2 Å². The van der Waals surface area contributed by atoms with E-state index in [4.69, 9.17) is 10.2 Å². The van der Waals surface area contributed by atoms with Gasteiger partial charge in [-0.1, -0.05) is 20.3 Å². The molecule has 0 radical (unpaired) electrons. The highest BCUT2D eigenvalue weighted by Crippen LogP contribution is 2.24. The van der Waals surface area contributed by atoms with Gasteiger partial charge < -0.3 is 15.5 Å². The molecule has 1 heterocycles. The van der Waals surface area contributed by atoms with Gasteiger partial charge in [0.05, 0.1) is 11.5 Å². The fraction of sp³-hybridized carbons (Fsp3) is 0.538. The summed E-state index contributed by atoms with van der Waals surface area (Å²) in [6, 6.07) is 0.552. The van der Waals surface area contributed by atoms with Gasteiger partial charge in [-0.05, 0) is 24.5 Å². The first-order chi connectivity index (χ1) is 9.03. The maximum absolute atomic E-state index is 11.9. The molecule has 0 aromatic carbocycles. The highest BCUT2D eigenvalue weighted by atomic mass is 32.1. The minimum Gasteiger partial charge on any atom is -0.480 e. The summed E-state index contributed by atoms with van der Waals surface area (Å²) >= 11 is 1.39. The number of hydrogen-bond donors (Lipinski definition) is 3. The van der Waals surface area contributed by atoms with E-state index < -0.39 is 24.5 Å². The molecule has 1 aromatic rings.